The molecule has 0 bridgehead atoms. The summed E-state index contributed by atoms with van der Waals surface area (Å²) in [5.41, 5.74) is 2.02. The number of nitrogens with one attached hydrogen (secondary N) is 1. The van der Waals surface area contributed by atoms with Crippen molar-refractivity contribution in [1.82, 2.24) is 10.2 Å². The number of fused-ring (bicyclic) bond motifs is 1. The largest absolute Gasteiger partial charge is 0.460 e. The van der Waals surface area contributed by atoms with Gasteiger partial charge in [0, 0.05) is 18.8 Å². The summed E-state index contributed by atoms with van der Waals surface area (Å²) in [5.74, 6) is -0.418. The number of benzene rings is 2. The van der Waals surface area contributed by atoms with Crippen molar-refractivity contribution in [2.45, 2.75) is 31.8 Å². The molecule has 1 fully saturated rings. The Morgan fingerprint density at radius 2 is 1.89 bits per heavy atom. The third kappa shape index (κ3) is 3.47. The van der Waals surface area contributed by atoms with Crippen LogP contribution in [0.25, 0.3) is 10.8 Å². The average Bonchev–Trinajstić information content (AvgIpc) is 3.52. The molecule has 1 atom stereocenters. The molecule has 0 radical (unpaired) electrons. The number of nitrogens with zero attached hydrogens (tertiary/aromatic N) is 1. The minimum absolute atomic E-state index is 0.161. The number of hydrogen-bond acceptors (Lipinski definition) is 4. The van der Waals surface area contributed by atoms with E-state index in [9.17, 15) is 9.59 Å². The third-order valence-corrected chi connectivity index (χ3v) is 5.29. The lowest BCUT2D eigenvalue weighted by Gasteiger charge is -2.35. The zero-order chi connectivity index (χ0) is 19.7. The van der Waals surface area contributed by atoms with E-state index in [1.165, 1.54) is 0 Å². The van der Waals surface area contributed by atoms with Crippen molar-refractivity contribution in [3.63, 3.8) is 0 Å². The summed E-state index contributed by atoms with van der Waals surface area (Å²) >= 11 is 0. The maximum absolute atomic E-state index is 12.9. The van der Waals surface area contributed by atoms with Crippen molar-refractivity contribution in [2.75, 3.05) is 20.3 Å². The van der Waals surface area contributed by atoms with E-state index < -0.39 is 12.0 Å². The molecular formula is C22H24N2O4. The van der Waals surface area contributed by atoms with E-state index in [4.69, 9.17) is 9.47 Å². The first-order valence-electron chi connectivity index (χ1n) is 9.55. The van der Waals surface area contributed by atoms with Crippen LogP contribution in [0.1, 0.15) is 31.4 Å². The first kappa shape index (κ1) is 18.5. The average molecular weight is 380 g/mol. The van der Waals surface area contributed by atoms with E-state index >= 15 is 0 Å². The van der Waals surface area contributed by atoms with Gasteiger partial charge in [0.2, 0.25) is 0 Å². The van der Waals surface area contributed by atoms with Crippen LogP contribution < -0.4 is 5.32 Å². The summed E-state index contributed by atoms with van der Waals surface area (Å²) in [4.78, 5) is 27.4. The van der Waals surface area contributed by atoms with Crippen LogP contribution in [0.2, 0.25) is 0 Å². The first-order chi connectivity index (χ1) is 13.6. The Hall–Kier alpha value is -2.86. The molecule has 1 heterocycles. The number of carbonyl (C=O) groups is 2. The Bertz CT molecular complexity index is 948. The maximum Gasteiger partial charge on any atom is 0.338 e. The van der Waals surface area contributed by atoms with Gasteiger partial charge in [0.25, 0.3) is 0 Å². The molecule has 0 unspecified atom stereocenters. The van der Waals surface area contributed by atoms with Crippen molar-refractivity contribution in [3.05, 3.63) is 59.3 Å². The van der Waals surface area contributed by atoms with Gasteiger partial charge in [-0.1, -0.05) is 36.4 Å². The molecule has 4 rings (SSSR count). The number of rotatable bonds is 6. The molecule has 0 spiro atoms. The van der Waals surface area contributed by atoms with E-state index in [0.717, 1.165) is 29.2 Å². The molecule has 1 N–H and O–H groups in total. The summed E-state index contributed by atoms with van der Waals surface area (Å²) < 4.78 is 10.4. The fourth-order valence-electron chi connectivity index (χ4n) is 3.73. The smallest absolute Gasteiger partial charge is 0.338 e. The Morgan fingerprint density at radius 3 is 2.61 bits per heavy atom. The SMILES string of the molecule is COCCOC(=O)C1=C(C)N(C2CC2)C(=O)N[C@H]1c1ccc2ccccc2c1. The second-order valence-corrected chi connectivity index (χ2v) is 7.22. The van der Waals surface area contributed by atoms with Crippen LogP contribution in [-0.4, -0.2) is 43.3 Å². The van der Waals surface area contributed by atoms with E-state index in [1.54, 1.807) is 12.0 Å². The minimum Gasteiger partial charge on any atom is -0.460 e. The summed E-state index contributed by atoms with van der Waals surface area (Å²) in [6.45, 7) is 2.34. The summed E-state index contributed by atoms with van der Waals surface area (Å²) in [6.07, 6.45) is 1.91. The molecule has 2 aromatic rings. The van der Waals surface area contributed by atoms with Gasteiger partial charge in [-0.05, 0) is 42.2 Å². The molecule has 0 aromatic heterocycles. The van der Waals surface area contributed by atoms with Gasteiger partial charge in [-0.3, -0.25) is 4.90 Å². The molecular weight excluding hydrogens is 356 g/mol. The van der Waals surface area contributed by atoms with Gasteiger partial charge in [-0.15, -0.1) is 0 Å². The fourth-order valence-corrected chi connectivity index (χ4v) is 3.73. The van der Waals surface area contributed by atoms with E-state index in [2.05, 4.69) is 5.32 Å². The van der Waals surface area contributed by atoms with Crippen LogP contribution in [0.3, 0.4) is 0 Å². The van der Waals surface area contributed by atoms with Gasteiger partial charge >= 0.3 is 12.0 Å². The van der Waals surface area contributed by atoms with Crippen LogP contribution in [0.15, 0.2) is 53.7 Å². The van der Waals surface area contributed by atoms with Crippen LogP contribution in [0.4, 0.5) is 4.79 Å². The number of amides is 2. The van der Waals surface area contributed by atoms with E-state index in [1.807, 2.05) is 49.4 Å². The fraction of sp³-hybridized carbons (Fsp3) is 0.364. The molecule has 28 heavy (non-hydrogen) atoms. The highest BCUT2D eigenvalue weighted by Crippen LogP contribution is 2.38. The predicted octanol–water partition coefficient (Wildman–Crippen LogP) is 3.53. The molecule has 0 saturated heterocycles. The standard InChI is InChI=1S/C22H24N2O4/c1-14-19(21(25)28-12-11-27-2)20(23-22(26)24(14)18-9-10-18)17-8-7-15-5-3-4-6-16(15)13-17/h3-8,13,18,20H,9-12H2,1-2H3,(H,23,26)/t20-/m0/s1. The van der Waals surface area contributed by atoms with Gasteiger partial charge in [0.15, 0.2) is 0 Å². The van der Waals surface area contributed by atoms with E-state index in [-0.39, 0.29) is 18.7 Å². The van der Waals surface area contributed by atoms with Crippen molar-refractivity contribution in [2.24, 2.45) is 0 Å². The maximum atomic E-state index is 12.9. The van der Waals surface area contributed by atoms with Crippen LogP contribution in [-0.2, 0) is 14.3 Å². The second kappa shape index (κ2) is 7.64. The Balaban J connectivity index is 1.74. The molecule has 1 aliphatic heterocycles. The summed E-state index contributed by atoms with van der Waals surface area (Å²) in [7, 11) is 1.56. The monoisotopic (exact) mass is 380 g/mol. The molecule has 6 nitrogen and oxygen atoms in total. The highest BCUT2D eigenvalue weighted by molar-refractivity contribution is 5.95. The molecule has 6 heteroatoms. The van der Waals surface area contributed by atoms with Crippen molar-refractivity contribution in [3.8, 4) is 0 Å². The van der Waals surface area contributed by atoms with Gasteiger partial charge in [-0.25, -0.2) is 9.59 Å². The van der Waals surface area contributed by atoms with Crippen molar-refractivity contribution in [1.29, 1.82) is 0 Å². The van der Waals surface area contributed by atoms with Crippen LogP contribution in [0, 0.1) is 0 Å². The molecule has 1 aliphatic carbocycles. The molecule has 1 saturated carbocycles. The van der Waals surface area contributed by atoms with E-state index in [0.29, 0.717) is 17.9 Å². The van der Waals surface area contributed by atoms with Crippen molar-refractivity contribution >= 4 is 22.8 Å². The zero-order valence-electron chi connectivity index (χ0n) is 16.1. The number of methoxy groups -OCH3 is 1. The van der Waals surface area contributed by atoms with Gasteiger partial charge in [0.05, 0.1) is 18.2 Å². The predicted molar refractivity (Wildman–Crippen MR) is 106 cm³/mol. The first-order valence-corrected chi connectivity index (χ1v) is 9.55. The highest BCUT2D eigenvalue weighted by Gasteiger charge is 2.42. The Morgan fingerprint density at radius 1 is 1.14 bits per heavy atom. The second-order valence-electron chi connectivity index (χ2n) is 7.22. The zero-order valence-corrected chi connectivity index (χ0v) is 16.1. The quantitative estimate of drug-likeness (QED) is 0.615. The third-order valence-electron chi connectivity index (χ3n) is 5.29. The normalized spacial score (nSPS) is 19.7. The number of allylic oxidation sites excluding steroid dienone is 1. The van der Waals surface area contributed by atoms with Gasteiger partial charge < -0.3 is 14.8 Å². The van der Waals surface area contributed by atoms with Gasteiger partial charge in [-0.2, -0.15) is 0 Å². The Kier molecular flexibility index (Phi) is 5.05. The lowest BCUT2D eigenvalue weighted by atomic mass is 9.93. The summed E-state index contributed by atoms with van der Waals surface area (Å²) in [5, 5.41) is 5.19. The molecule has 146 valence electrons. The summed E-state index contributed by atoms with van der Waals surface area (Å²) in [6, 6.07) is 13.5. The highest BCUT2D eigenvalue weighted by atomic mass is 16.6. The number of carbonyl (C=O) groups excluding carboxylic acids is 2. The number of urea groups is 1. The minimum atomic E-state index is -0.540. The lowest BCUT2D eigenvalue weighted by Crippen LogP contribution is -2.49. The molecule has 2 aromatic carbocycles. The van der Waals surface area contributed by atoms with Crippen LogP contribution in [0.5, 0.6) is 0 Å². The van der Waals surface area contributed by atoms with Crippen LogP contribution >= 0.6 is 0 Å². The molecule has 2 amide bonds. The lowest BCUT2D eigenvalue weighted by molar-refractivity contribution is -0.140. The topological polar surface area (TPSA) is 67.9 Å². The number of hydrogen-bond donors (Lipinski definition) is 1. The van der Waals surface area contributed by atoms with Gasteiger partial charge in [0.1, 0.15) is 6.61 Å². The number of esters is 1. The molecule has 2 aliphatic rings. The van der Waals surface area contributed by atoms with Crippen molar-refractivity contribution < 1.29 is 19.1 Å². The number of ether oxygens (including phenoxy) is 2. The Labute approximate surface area is 164 Å².